The number of amides is 1. The first-order valence-corrected chi connectivity index (χ1v) is 6.46. The van der Waals surface area contributed by atoms with Crippen LogP contribution in [-0.2, 0) is 5.54 Å². The lowest BCUT2D eigenvalue weighted by Crippen LogP contribution is -2.37. The summed E-state index contributed by atoms with van der Waals surface area (Å²) < 4.78 is 0. The van der Waals surface area contributed by atoms with Crippen LogP contribution in [0.1, 0.15) is 22.8 Å². The van der Waals surface area contributed by atoms with Crippen molar-refractivity contribution in [3.05, 3.63) is 53.7 Å². The SMILES string of the molecule is CC(CO)(Nc1ncc(N)cc1C(N)=O)c1ccccc1. The molecule has 1 unspecified atom stereocenters. The van der Waals surface area contributed by atoms with Gasteiger partial charge in [0, 0.05) is 0 Å². The van der Waals surface area contributed by atoms with Crippen LogP contribution in [0.2, 0.25) is 0 Å². The van der Waals surface area contributed by atoms with Crippen LogP contribution in [0.25, 0.3) is 0 Å². The van der Waals surface area contributed by atoms with Gasteiger partial charge in [0.15, 0.2) is 0 Å². The van der Waals surface area contributed by atoms with Gasteiger partial charge in [0.25, 0.3) is 5.91 Å². The van der Waals surface area contributed by atoms with E-state index in [1.54, 1.807) is 0 Å². The van der Waals surface area contributed by atoms with Gasteiger partial charge in [-0.1, -0.05) is 30.3 Å². The summed E-state index contributed by atoms with van der Waals surface area (Å²) in [6, 6.07) is 10.8. The molecule has 0 spiro atoms. The van der Waals surface area contributed by atoms with Crippen molar-refractivity contribution in [2.45, 2.75) is 12.5 Å². The number of carbonyl (C=O) groups is 1. The van der Waals surface area contributed by atoms with Crippen LogP contribution in [0.15, 0.2) is 42.6 Å². The number of carbonyl (C=O) groups excluding carboxylic acids is 1. The summed E-state index contributed by atoms with van der Waals surface area (Å²) in [6.07, 6.45) is 1.43. The molecule has 0 saturated heterocycles. The van der Waals surface area contributed by atoms with Gasteiger partial charge in [0.1, 0.15) is 5.82 Å². The van der Waals surface area contributed by atoms with E-state index < -0.39 is 11.4 Å². The molecule has 0 aliphatic carbocycles. The number of rotatable bonds is 5. The Hall–Kier alpha value is -2.60. The minimum Gasteiger partial charge on any atom is -0.397 e. The molecule has 6 heteroatoms. The van der Waals surface area contributed by atoms with E-state index in [-0.39, 0.29) is 18.0 Å². The molecule has 1 amide bonds. The van der Waals surface area contributed by atoms with Gasteiger partial charge in [-0.2, -0.15) is 0 Å². The van der Waals surface area contributed by atoms with E-state index >= 15 is 0 Å². The van der Waals surface area contributed by atoms with Crippen LogP contribution >= 0.6 is 0 Å². The van der Waals surface area contributed by atoms with E-state index in [4.69, 9.17) is 11.5 Å². The molecule has 0 radical (unpaired) electrons. The predicted octanol–water partition coefficient (Wildman–Crippen LogP) is 1.08. The van der Waals surface area contributed by atoms with Crippen LogP contribution in [-0.4, -0.2) is 22.6 Å². The minimum atomic E-state index is -0.797. The lowest BCUT2D eigenvalue weighted by molar-refractivity contribution is 0.100. The number of pyridine rings is 1. The summed E-state index contributed by atoms with van der Waals surface area (Å²) in [4.78, 5) is 15.6. The third-order valence-corrected chi connectivity index (χ3v) is 3.30. The number of hydrogen-bond donors (Lipinski definition) is 4. The van der Waals surface area contributed by atoms with Gasteiger partial charge >= 0.3 is 0 Å². The first kappa shape index (κ1) is 14.8. The fourth-order valence-electron chi connectivity index (χ4n) is 2.04. The van der Waals surface area contributed by atoms with Crippen LogP contribution in [0.4, 0.5) is 11.5 Å². The van der Waals surface area contributed by atoms with Gasteiger partial charge in [-0.25, -0.2) is 4.98 Å². The Morgan fingerprint density at radius 2 is 2.05 bits per heavy atom. The van der Waals surface area contributed by atoms with Crippen molar-refractivity contribution in [1.29, 1.82) is 0 Å². The summed E-state index contributed by atoms with van der Waals surface area (Å²) in [6.45, 7) is 1.63. The maximum atomic E-state index is 11.5. The smallest absolute Gasteiger partial charge is 0.252 e. The second-order valence-corrected chi connectivity index (χ2v) is 5.01. The molecule has 1 heterocycles. The molecule has 0 fully saturated rings. The molecule has 0 aliphatic rings. The lowest BCUT2D eigenvalue weighted by atomic mass is 9.92. The van der Waals surface area contributed by atoms with Crippen molar-refractivity contribution in [2.75, 3.05) is 17.7 Å². The fraction of sp³-hybridized carbons (Fsp3) is 0.200. The summed E-state index contributed by atoms with van der Waals surface area (Å²) in [5, 5.41) is 12.8. The first-order chi connectivity index (χ1) is 9.96. The number of primary amides is 1. The highest BCUT2D eigenvalue weighted by Crippen LogP contribution is 2.27. The molecule has 2 aromatic rings. The molecule has 2 rings (SSSR count). The van der Waals surface area contributed by atoms with Crippen LogP contribution in [0, 0.1) is 0 Å². The number of nitrogens with zero attached hydrogens (tertiary/aromatic N) is 1. The normalized spacial score (nSPS) is 13.4. The maximum absolute atomic E-state index is 11.5. The van der Waals surface area contributed by atoms with Crippen molar-refractivity contribution in [3.8, 4) is 0 Å². The summed E-state index contributed by atoms with van der Waals surface area (Å²) in [5.74, 6) is -0.345. The highest BCUT2D eigenvalue weighted by Gasteiger charge is 2.27. The zero-order valence-corrected chi connectivity index (χ0v) is 11.7. The predicted molar refractivity (Wildman–Crippen MR) is 81.7 cm³/mol. The monoisotopic (exact) mass is 286 g/mol. The second kappa shape index (κ2) is 5.80. The third-order valence-electron chi connectivity index (χ3n) is 3.30. The van der Waals surface area contributed by atoms with E-state index in [0.717, 1.165) is 5.56 Å². The Morgan fingerprint density at radius 1 is 1.38 bits per heavy atom. The summed E-state index contributed by atoms with van der Waals surface area (Å²) >= 11 is 0. The van der Waals surface area contributed by atoms with Crippen LogP contribution < -0.4 is 16.8 Å². The Kier molecular flexibility index (Phi) is 4.09. The van der Waals surface area contributed by atoms with Crippen molar-refractivity contribution in [3.63, 3.8) is 0 Å². The molecule has 1 aromatic heterocycles. The maximum Gasteiger partial charge on any atom is 0.252 e. The van der Waals surface area contributed by atoms with E-state index in [9.17, 15) is 9.90 Å². The minimum absolute atomic E-state index is 0.179. The molecule has 6 nitrogen and oxygen atoms in total. The molecule has 1 aromatic carbocycles. The average Bonchev–Trinajstić information content (AvgIpc) is 2.49. The molecular weight excluding hydrogens is 268 g/mol. The topological polar surface area (TPSA) is 114 Å². The van der Waals surface area contributed by atoms with Gasteiger partial charge < -0.3 is 21.9 Å². The number of anilines is 2. The lowest BCUT2D eigenvalue weighted by Gasteiger charge is -2.30. The number of aromatic nitrogens is 1. The Bertz CT molecular complexity index is 645. The van der Waals surface area contributed by atoms with Crippen molar-refractivity contribution in [2.24, 2.45) is 5.73 Å². The molecular formula is C15H18N4O2. The van der Waals surface area contributed by atoms with Crippen molar-refractivity contribution < 1.29 is 9.90 Å². The van der Waals surface area contributed by atoms with Gasteiger partial charge in [-0.05, 0) is 18.6 Å². The number of nitrogens with two attached hydrogens (primary N) is 2. The highest BCUT2D eigenvalue weighted by molar-refractivity contribution is 5.98. The van der Waals surface area contributed by atoms with Gasteiger partial charge in [0.05, 0.1) is 29.6 Å². The average molecular weight is 286 g/mol. The largest absolute Gasteiger partial charge is 0.397 e. The van der Waals surface area contributed by atoms with E-state index in [1.165, 1.54) is 12.3 Å². The quantitative estimate of drug-likeness (QED) is 0.656. The third kappa shape index (κ3) is 3.11. The highest BCUT2D eigenvalue weighted by atomic mass is 16.3. The number of benzene rings is 1. The number of nitrogen functional groups attached to an aromatic ring is 1. The number of aliphatic hydroxyl groups excluding tert-OH is 1. The van der Waals surface area contributed by atoms with E-state index in [0.29, 0.717) is 5.69 Å². The molecule has 110 valence electrons. The summed E-state index contributed by atoms with van der Waals surface area (Å²) in [7, 11) is 0. The molecule has 0 aliphatic heterocycles. The Labute approximate surface area is 122 Å². The zero-order chi connectivity index (χ0) is 15.5. The van der Waals surface area contributed by atoms with Crippen molar-refractivity contribution in [1.82, 2.24) is 4.98 Å². The summed E-state index contributed by atoms with van der Waals surface area (Å²) in [5.41, 5.74) is 11.6. The molecule has 0 saturated carbocycles. The zero-order valence-electron chi connectivity index (χ0n) is 11.7. The van der Waals surface area contributed by atoms with Crippen LogP contribution in [0.5, 0.6) is 0 Å². The van der Waals surface area contributed by atoms with Gasteiger partial charge in [-0.15, -0.1) is 0 Å². The first-order valence-electron chi connectivity index (χ1n) is 6.46. The molecule has 1 atom stereocenters. The van der Waals surface area contributed by atoms with E-state index in [2.05, 4.69) is 10.3 Å². The van der Waals surface area contributed by atoms with Gasteiger partial charge in [-0.3, -0.25) is 4.79 Å². The van der Waals surface area contributed by atoms with E-state index in [1.807, 2.05) is 37.3 Å². The second-order valence-electron chi connectivity index (χ2n) is 5.01. The van der Waals surface area contributed by atoms with Gasteiger partial charge in [0.2, 0.25) is 0 Å². The number of nitrogens with one attached hydrogen (secondary N) is 1. The fourth-order valence-corrected chi connectivity index (χ4v) is 2.04. The number of aliphatic hydroxyl groups is 1. The Balaban J connectivity index is 2.42. The molecule has 21 heavy (non-hydrogen) atoms. The molecule has 6 N–H and O–H groups in total. The standard InChI is InChI=1S/C15H18N4O2/c1-15(9-20,10-5-3-2-4-6-10)19-14-12(13(17)21)7-11(16)8-18-14/h2-8,20H,9,16H2,1H3,(H2,17,21)(H,18,19). The van der Waals surface area contributed by atoms with Crippen molar-refractivity contribution >= 4 is 17.4 Å². The van der Waals surface area contributed by atoms with Crippen LogP contribution in [0.3, 0.4) is 0 Å². The Morgan fingerprint density at radius 3 is 2.62 bits per heavy atom. The molecule has 0 bridgehead atoms. The number of hydrogen-bond acceptors (Lipinski definition) is 5.